The van der Waals surface area contributed by atoms with Gasteiger partial charge in [0.2, 0.25) is 11.1 Å². The number of anilines is 1. The summed E-state index contributed by atoms with van der Waals surface area (Å²) in [7, 11) is 0. The summed E-state index contributed by atoms with van der Waals surface area (Å²) in [6, 6.07) is 5.58. The highest BCUT2D eigenvalue weighted by molar-refractivity contribution is 7.99. The first-order valence-electron chi connectivity index (χ1n) is 6.66. The van der Waals surface area contributed by atoms with Gasteiger partial charge in [-0.3, -0.25) is 4.79 Å². The van der Waals surface area contributed by atoms with Crippen LogP contribution in [0.15, 0.2) is 29.4 Å². The van der Waals surface area contributed by atoms with E-state index in [9.17, 15) is 9.18 Å². The van der Waals surface area contributed by atoms with Crippen molar-refractivity contribution in [2.24, 2.45) is 0 Å². The van der Waals surface area contributed by atoms with Gasteiger partial charge in [0.25, 0.3) is 0 Å². The zero-order valence-corrected chi connectivity index (χ0v) is 13.4. The number of nitrogen functional groups attached to an aromatic ring is 1. The monoisotopic (exact) mass is 323 g/mol. The summed E-state index contributed by atoms with van der Waals surface area (Å²) in [6.07, 6.45) is 0. The van der Waals surface area contributed by atoms with Gasteiger partial charge in [-0.25, -0.2) is 9.07 Å². The first kappa shape index (κ1) is 16.3. The molecule has 0 aliphatic carbocycles. The number of hydrogen-bond donors (Lipinski definition) is 2. The number of nitrogens with two attached hydrogens (primary N) is 1. The van der Waals surface area contributed by atoms with E-state index in [1.165, 1.54) is 40.7 Å². The molecule has 2 aromatic rings. The third kappa shape index (κ3) is 3.97. The molecule has 1 aromatic carbocycles. The zero-order valence-electron chi connectivity index (χ0n) is 12.6. The van der Waals surface area contributed by atoms with Gasteiger partial charge in [-0.1, -0.05) is 32.5 Å². The van der Waals surface area contributed by atoms with Crippen LogP contribution in [0.4, 0.5) is 10.1 Å². The van der Waals surface area contributed by atoms with Crippen LogP contribution < -0.4 is 11.2 Å². The molecule has 1 heterocycles. The Morgan fingerprint density at radius 3 is 2.50 bits per heavy atom. The summed E-state index contributed by atoms with van der Waals surface area (Å²) in [5.74, 6) is 6.15. The van der Waals surface area contributed by atoms with Crippen molar-refractivity contribution in [3.63, 3.8) is 0 Å². The van der Waals surface area contributed by atoms with Crippen molar-refractivity contribution >= 4 is 23.4 Å². The highest BCUT2D eigenvalue weighted by atomic mass is 32.2. The second kappa shape index (κ2) is 6.35. The fourth-order valence-corrected chi connectivity index (χ4v) is 2.40. The Kier molecular flexibility index (Phi) is 4.70. The minimum atomic E-state index is -0.349. The first-order chi connectivity index (χ1) is 10.3. The summed E-state index contributed by atoms with van der Waals surface area (Å²) in [5, 5.41) is 11.2. The van der Waals surface area contributed by atoms with E-state index in [4.69, 9.17) is 5.84 Å². The third-order valence-electron chi connectivity index (χ3n) is 2.80. The Morgan fingerprint density at radius 1 is 1.32 bits per heavy atom. The topological polar surface area (TPSA) is 85.8 Å². The lowest BCUT2D eigenvalue weighted by Crippen LogP contribution is -2.24. The van der Waals surface area contributed by atoms with Gasteiger partial charge in [-0.05, 0) is 24.3 Å². The first-order valence-corrected chi connectivity index (χ1v) is 7.65. The standard InChI is InChI=1S/C14H18FN5OS/c1-14(2,3)12-18-19-13(20(12)16)22-8-11(21)17-10-6-4-9(15)5-7-10/h4-7H,8,16H2,1-3H3,(H,17,21). The van der Waals surface area contributed by atoms with Crippen molar-refractivity contribution in [3.05, 3.63) is 35.9 Å². The van der Waals surface area contributed by atoms with Crippen LogP contribution in [0, 0.1) is 5.82 Å². The Balaban J connectivity index is 1.94. The van der Waals surface area contributed by atoms with Crippen LogP contribution in [-0.4, -0.2) is 26.5 Å². The Hall–Kier alpha value is -2.09. The molecule has 118 valence electrons. The average molecular weight is 323 g/mol. The number of halogens is 1. The molecule has 1 amide bonds. The van der Waals surface area contributed by atoms with Crippen LogP contribution in [0.3, 0.4) is 0 Å². The van der Waals surface area contributed by atoms with Crippen LogP contribution in [0.2, 0.25) is 0 Å². The predicted molar refractivity (Wildman–Crippen MR) is 84.6 cm³/mol. The molecule has 0 saturated carbocycles. The second-order valence-electron chi connectivity index (χ2n) is 5.77. The minimum absolute atomic E-state index is 0.136. The fraction of sp³-hybridized carbons (Fsp3) is 0.357. The van der Waals surface area contributed by atoms with Crippen molar-refractivity contribution in [2.75, 3.05) is 16.9 Å². The molecule has 0 spiro atoms. The molecule has 0 aliphatic rings. The molecule has 0 fully saturated rings. The van der Waals surface area contributed by atoms with Crippen LogP contribution in [0.25, 0.3) is 0 Å². The normalized spacial score (nSPS) is 11.5. The van der Waals surface area contributed by atoms with Crippen molar-refractivity contribution in [1.29, 1.82) is 0 Å². The number of nitrogens with zero attached hydrogens (tertiary/aromatic N) is 3. The van der Waals surface area contributed by atoms with E-state index in [1.54, 1.807) is 0 Å². The van der Waals surface area contributed by atoms with Crippen molar-refractivity contribution in [1.82, 2.24) is 14.9 Å². The number of aromatic nitrogens is 3. The molecule has 8 heteroatoms. The van der Waals surface area contributed by atoms with Gasteiger partial charge in [0.1, 0.15) is 5.82 Å². The molecule has 0 aliphatic heterocycles. The van der Waals surface area contributed by atoms with Gasteiger partial charge in [0.15, 0.2) is 5.82 Å². The van der Waals surface area contributed by atoms with E-state index in [1.807, 2.05) is 20.8 Å². The Bertz CT molecular complexity index is 663. The smallest absolute Gasteiger partial charge is 0.234 e. The highest BCUT2D eigenvalue weighted by Gasteiger charge is 2.23. The molecular formula is C14H18FN5OS. The summed E-state index contributed by atoms with van der Waals surface area (Å²) in [6.45, 7) is 5.95. The molecule has 0 atom stereocenters. The molecule has 0 unspecified atom stereocenters. The molecule has 1 aromatic heterocycles. The number of carbonyl (C=O) groups is 1. The molecule has 22 heavy (non-hydrogen) atoms. The van der Waals surface area contributed by atoms with Crippen LogP contribution in [0.1, 0.15) is 26.6 Å². The Labute approximate surface area is 132 Å². The van der Waals surface area contributed by atoms with Gasteiger partial charge in [0.05, 0.1) is 5.75 Å². The summed E-state index contributed by atoms with van der Waals surface area (Å²) >= 11 is 1.19. The molecule has 6 nitrogen and oxygen atoms in total. The van der Waals surface area contributed by atoms with Gasteiger partial charge in [0, 0.05) is 11.1 Å². The van der Waals surface area contributed by atoms with E-state index in [2.05, 4.69) is 15.5 Å². The maximum absolute atomic E-state index is 12.8. The van der Waals surface area contributed by atoms with E-state index < -0.39 is 0 Å². The van der Waals surface area contributed by atoms with Gasteiger partial charge >= 0.3 is 0 Å². The quantitative estimate of drug-likeness (QED) is 0.665. The fourth-order valence-electron chi connectivity index (χ4n) is 1.75. The van der Waals surface area contributed by atoms with Gasteiger partial charge < -0.3 is 11.2 Å². The number of nitrogens with one attached hydrogen (secondary N) is 1. The summed E-state index contributed by atoms with van der Waals surface area (Å²) < 4.78 is 14.2. The SMILES string of the molecule is CC(C)(C)c1nnc(SCC(=O)Nc2ccc(F)cc2)n1N. The van der Waals surface area contributed by atoms with Crippen molar-refractivity contribution in [3.8, 4) is 0 Å². The summed E-state index contributed by atoms with van der Waals surface area (Å²) in [5.41, 5.74) is 0.313. The number of amides is 1. The largest absolute Gasteiger partial charge is 0.336 e. The second-order valence-corrected chi connectivity index (χ2v) is 6.71. The summed E-state index contributed by atoms with van der Waals surface area (Å²) in [4.78, 5) is 11.9. The third-order valence-corrected chi connectivity index (χ3v) is 3.74. The zero-order chi connectivity index (χ0) is 16.3. The number of hydrogen-bond acceptors (Lipinski definition) is 5. The van der Waals surface area contributed by atoms with E-state index in [0.717, 1.165) is 0 Å². The van der Waals surface area contributed by atoms with E-state index in [0.29, 0.717) is 16.7 Å². The lowest BCUT2D eigenvalue weighted by Gasteiger charge is -2.16. The van der Waals surface area contributed by atoms with Crippen LogP contribution in [-0.2, 0) is 10.2 Å². The van der Waals surface area contributed by atoms with Crippen LogP contribution >= 0.6 is 11.8 Å². The molecular weight excluding hydrogens is 305 g/mol. The molecule has 0 radical (unpaired) electrons. The minimum Gasteiger partial charge on any atom is -0.336 e. The maximum atomic E-state index is 12.8. The molecule has 0 bridgehead atoms. The maximum Gasteiger partial charge on any atom is 0.234 e. The predicted octanol–water partition coefficient (Wildman–Crippen LogP) is 2.16. The highest BCUT2D eigenvalue weighted by Crippen LogP contribution is 2.23. The lowest BCUT2D eigenvalue weighted by atomic mass is 9.96. The van der Waals surface area contributed by atoms with Gasteiger partial charge in [-0.15, -0.1) is 10.2 Å². The lowest BCUT2D eigenvalue weighted by molar-refractivity contribution is -0.113. The number of benzene rings is 1. The molecule has 3 N–H and O–H groups in total. The van der Waals surface area contributed by atoms with E-state index in [-0.39, 0.29) is 22.9 Å². The number of rotatable bonds is 4. The molecule has 2 rings (SSSR count). The number of carbonyl (C=O) groups excluding carboxylic acids is 1. The van der Waals surface area contributed by atoms with Crippen LogP contribution in [0.5, 0.6) is 0 Å². The Morgan fingerprint density at radius 2 is 1.95 bits per heavy atom. The van der Waals surface area contributed by atoms with Crippen molar-refractivity contribution < 1.29 is 9.18 Å². The average Bonchev–Trinajstić information content (AvgIpc) is 2.80. The van der Waals surface area contributed by atoms with Gasteiger partial charge in [-0.2, -0.15) is 0 Å². The van der Waals surface area contributed by atoms with E-state index >= 15 is 0 Å². The van der Waals surface area contributed by atoms with Crippen molar-refractivity contribution in [2.45, 2.75) is 31.3 Å². The molecule has 0 saturated heterocycles. The number of thioether (sulfide) groups is 1.